The molecule has 1 aromatic rings. The van der Waals surface area contributed by atoms with Crippen molar-refractivity contribution in [1.29, 1.82) is 0 Å². The van der Waals surface area contributed by atoms with Crippen LogP contribution >= 0.6 is 11.6 Å². The quantitative estimate of drug-likeness (QED) is 0.328. The van der Waals surface area contributed by atoms with Crippen molar-refractivity contribution in [3.8, 4) is 5.75 Å². The molecule has 1 aromatic carbocycles. The number of halogens is 1. The fraction of sp³-hybridized carbons (Fsp3) is 0.412. The SMILES string of the molecule is C=CCc1cc(Cl)ccc1OCCNCCCOC.O=C(O)C(=O)O. The molecular formula is C17H24ClNO6. The summed E-state index contributed by atoms with van der Waals surface area (Å²) in [6.07, 6.45) is 3.62. The highest BCUT2D eigenvalue weighted by atomic mass is 35.5. The van der Waals surface area contributed by atoms with Gasteiger partial charge in [-0.15, -0.1) is 6.58 Å². The van der Waals surface area contributed by atoms with E-state index in [9.17, 15) is 0 Å². The van der Waals surface area contributed by atoms with Gasteiger partial charge in [0.05, 0.1) is 0 Å². The lowest BCUT2D eigenvalue weighted by Gasteiger charge is -2.11. The van der Waals surface area contributed by atoms with Gasteiger partial charge in [-0.1, -0.05) is 17.7 Å². The van der Waals surface area contributed by atoms with Crippen molar-refractivity contribution >= 4 is 23.5 Å². The highest BCUT2D eigenvalue weighted by Crippen LogP contribution is 2.23. The standard InChI is InChI=1S/C15H22ClNO2.C2H2O4/c1-3-5-13-12-14(16)6-7-15(13)19-11-9-17-8-4-10-18-2;3-1(4)2(5)6/h3,6-7,12,17H,1,4-5,8-11H2,2H3;(H,3,4)(H,5,6). The van der Waals surface area contributed by atoms with Crippen molar-refractivity contribution < 1.29 is 29.3 Å². The minimum atomic E-state index is -1.82. The number of benzene rings is 1. The van der Waals surface area contributed by atoms with Crippen molar-refractivity contribution in [1.82, 2.24) is 5.32 Å². The van der Waals surface area contributed by atoms with Crippen LogP contribution in [0.2, 0.25) is 5.02 Å². The first-order valence-electron chi connectivity index (χ1n) is 7.60. The van der Waals surface area contributed by atoms with Crippen molar-refractivity contribution in [2.24, 2.45) is 0 Å². The molecule has 8 heteroatoms. The largest absolute Gasteiger partial charge is 0.492 e. The second kappa shape index (κ2) is 14.3. The molecular weight excluding hydrogens is 350 g/mol. The Kier molecular flexibility index (Phi) is 13.1. The van der Waals surface area contributed by atoms with E-state index in [0.29, 0.717) is 6.61 Å². The molecule has 25 heavy (non-hydrogen) atoms. The Hall–Kier alpha value is -2.09. The maximum Gasteiger partial charge on any atom is 0.414 e. The molecule has 0 unspecified atom stereocenters. The minimum absolute atomic E-state index is 0.638. The van der Waals surface area contributed by atoms with E-state index >= 15 is 0 Å². The van der Waals surface area contributed by atoms with Crippen LogP contribution in [0, 0.1) is 0 Å². The third-order valence-corrected chi connectivity index (χ3v) is 3.04. The monoisotopic (exact) mass is 373 g/mol. The number of nitrogens with one attached hydrogen (secondary N) is 1. The Morgan fingerprint density at radius 2 is 1.92 bits per heavy atom. The summed E-state index contributed by atoms with van der Waals surface area (Å²) < 4.78 is 10.7. The number of hydrogen-bond acceptors (Lipinski definition) is 5. The van der Waals surface area contributed by atoms with Crippen molar-refractivity contribution in [2.45, 2.75) is 12.8 Å². The second-order valence-electron chi connectivity index (χ2n) is 4.80. The van der Waals surface area contributed by atoms with Gasteiger partial charge in [0.15, 0.2) is 0 Å². The number of carbonyl (C=O) groups is 2. The number of aliphatic carboxylic acids is 2. The van der Waals surface area contributed by atoms with Crippen LogP contribution in [0.3, 0.4) is 0 Å². The number of carboxylic acids is 2. The van der Waals surface area contributed by atoms with E-state index in [2.05, 4.69) is 11.9 Å². The number of rotatable bonds is 10. The first kappa shape index (κ1) is 22.9. The number of methoxy groups -OCH3 is 1. The van der Waals surface area contributed by atoms with Gasteiger partial charge >= 0.3 is 11.9 Å². The molecule has 0 spiro atoms. The summed E-state index contributed by atoms with van der Waals surface area (Å²) in [4.78, 5) is 18.2. The predicted molar refractivity (Wildman–Crippen MR) is 95.5 cm³/mol. The average Bonchev–Trinajstić information content (AvgIpc) is 2.56. The van der Waals surface area contributed by atoms with Crippen LogP contribution in [-0.2, 0) is 20.7 Å². The molecule has 0 atom stereocenters. The van der Waals surface area contributed by atoms with Gasteiger partial charge in [0.1, 0.15) is 12.4 Å². The fourth-order valence-corrected chi connectivity index (χ4v) is 1.90. The van der Waals surface area contributed by atoms with E-state index in [0.717, 1.165) is 48.9 Å². The van der Waals surface area contributed by atoms with E-state index < -0.39 is 11.9 Å². The van der Waals surface area contributed by atoms with Gasteiger partial charge in [-0.25, -0.2) is 9.59 Å². The molecule has 0 saturated carbocycles. The Morgan fingerprint density at radius 3 is 2.48 bits per heavy atom. The number of allylic oxidation sites excluding steroid dienone is 1. The van der Waals surface area contributed by atoms with Gasteiger partial charge < -0.3 is 25.0 Å². The minimum Gasteiger partial charge on any atom is -0.492 e. The first-order valence-corrected chi connectivity index (χ1v) is 7.98. The van der Waals surface area contributed by atoms with Crippen molar-refractivity contribution in [3.05, 3.63) is 41.4 Å². The summed E-state index contributed by atoms with van der Waals surface area (Å²) in [6.45, 7) is 6.93. The summed E-state index contributed by atoms with van der Waals surface area (Å²) in [6, 6.07) is 5.67. The van der Waals surface area contributed by atoms with E-state index in [4.69, 9.17) is 40.9 Å². The van der Waals surface area contributed by atoms with Crippen LogP contribution in [0.15, 0.2) is 30.9 Å². The highest BCUT2D eigenvalue weighted by Gasteiger charge is 2.04. The summed E-state index contributed by atoms with van der Waals surface area (Å²) in [7, 11) is 1.71. The Morgan fingerprint density at radius 1 is 1.24 bits per heavy atom. The molecule has 0 amide bonds. The van der Waals surface area contributed by atoms with E-state index in [1.807, 2.05) is 24.3 Å². The Bertz CT molecular complexity index is 538. The third kappa shape index (κ3) is 12.0. The normalized spacial score (nSPS) is 9.68. The number of carboxylic acid groups (broad SMARTS) is 2. The van der Waals surface area contributed by atoms with Gasteiger partial charge in [0.25, 0.3) is 0 Å². The zero-order valence-corrected chi connectivity index (χ0v) is 14.9. The topological polar surface area (TPSA) is 105 Å². The van der Waals surface area contributed by atoms with E-state index in [1.165, 1.54) is 0 Å². The summed E-state index contributed by atoms with van der Waals surface area (Å²) in [5.41, 5.74) is 1.07. The van der Waals surface area contributed by atoms with Gasteiger partial charge in [-0.05, 0) is 43.1 Å². The van der Waals surface area contributed by atoms with E-state index in [-0.39, 0.29) is 0 Å². The lowest BCUT2D eigenvalue weighted by molar-refractivity contribution is -0.159. The van der Waals surface area contributed by atoms with Crippen LogP contribution < -0.4 is 10.1 Å². The highest BCUT2D eigenvalue weighted by molar-refractivity contribution is 6.30. The second-order valence-corrected chi connectivity index (χ2v) is 5.24. The smallest absolute Gasteiger partial charge is 0.414 e. The maximum absolute atomic E-state index is 9.10. The van der Waals surface area contributed by atoms with Crippen LogP contribution in [0.4, 0.5) is 0 Å². The first-order chi connectivity index (χ1) is 11.9. The predicted octanol–water partition coefficient (Wildman–Crippen LogP) is 2.23. The van der Waals surface area contributed by atoms with Gasteiger partial charge in [-0.2, -0.15) is 0 Å². The van der Waals surface area contributed by atoms with Gasteiger partial charge in [0.2, 0.25) is 0 Å². The summed E-state index contributed by atoms with van der Waals surface area (Å²) >= 11 is 5.97. The van der Waals surface area contributed by atoms with Crippen LogP contribution in [-0.4, -0.2) is 55.6 Å². The van der Waals surface area contributed by atoms with Gasteiger partial charge in [0, 0.05) is 25.3 Å². The van der Waals surface area contributed by atoms with Crippen LogP contribution in [0.5, 0.6) is 5.75 Å². The molecule has 0 saturated heterocycles. The molecule has 0 fully saturated rings. The molecule has 0 heterocycles. The molecule has 0 aromatic heterocycles. The number of hydrogen-bond donors (Lipinski definition) is 3. The molecule has 7 nitrogen and oxygen atoms in total. The lowest BCUT2D eigenvalue weighted by atomic mass is 10.1. The molecule has 140 valence electrons. The van der Waals surface area contributed by atoms with Crippen molar-refractivity contribution in [3.63, 3.8) is 0 Å². The summed E-state index contributed by atoms with van der Waals surface area (Å²) in [5, 5.41) is 18.8. The number of ether oxygens (including phenoxy) is 2. The Labute approximate surface area is 152 Å². The van der Waals surface area contributed by atoms with Gasteiger partial charge in [-0.3, -0.25) is 0 Å². The van der Waals surface area contributed by atoms with Crippen LogP contribution in [0.1, 0.15) is 12.0 Å². The molecule has 0 aliphatic carbocycles. The summed E-state index contributed by atoms with van der Waals surface area (Å²) in [5.74, 6) is -2.77. The van der Waals surface area contributed by atoms with Crippen LogP contribution in [0.25, 0.3) is 0 Å². The maximum atomic E-state index is 9.10. The van der Waals surface area contributed by atoms with Crippen molar-refractivity contribution in [2.75, 3.05) is 33.4 Å². The molecule has 0 aliphatic rings. The molecule has 0 radical (unpaired) electrons. The lowest BCUT2D eigenvalue weighted by Crippen LogP contribution is -2.23. The third-order valence-electron chi connectivity index (χ3n) is 2.81. The molecule has 0 aliphatic heterocycles. The van der Waals surface area contributed by atoms with E-state index in [1.54, 1.807) is 7.11 Å². The zero-order chi connectivity index (χ0) is 19.1. The molecule has 3 N–H and O–H groups in total. The molecule has 0 bridgehead atoms. The molecule has 1 rings (SSSR count). The zero-order valence-electron chi connectivity index (χ0n) is 14.2. The average molecular weight is 374 g/mol. The fourth-order valence-electron chi connectivity index (χ4n) is 1.70. The Balaban J connectivity index is 0.000000823.